The van der Waals surface area contributed by atoms with E-state index >= 15 is 0 Å². The van der Waals surface area contributed by atoms with Crippen molar-refractivity contribution in [2.75, 3.05) is 0 Å². The van der Waals surface area contributed by atoms with Crippen LogP contribution >= 0.6 is 15.9 Å². The normalized spacial score (nSPS) is 39.6. The zero-order chi connectivity index (χ0) is 12.8. The first kappa shape index (κ1) is 12.6. The fraction of sp³-hybridized carbons (Fsp3) is 0.600. The summed E-state index contributed by atoms with van der Waals surface area (Å²) in [5.74, 6) is 1.35. The van der Waals surface area contributed by atoms with Gasteiger partial charge in [-0.25, -0.2) is 0 Å². The predicted octanol–water partition coefficient (Wildman–Crippen LogP) is 3.15. The van der Waals surface area contributed by atoms with Crippen LogP contribution in [0, 0.1) is 5.92 Å². The maximum absolute atomic E-state index is 6.62. The molecule has 2 aliphatic rings. The average molecular weight is 309 g/mol. The van der Waals surface area contributed by atoms with E-state index in [1.165, 1.54) is 12.0 Å². The van der Waals surface area contributed by atoms with Crippen LogP contribution in [0.5, 0.6) is 0 Å². The van der Waals surface area contributed by atoms with Crippen molar-refractivity contribution in [1.29, 1.82) is 0 Å². The van der Waals surface area contributed by atoms with Crippen molar-refractivity contribution in [1.82, 2.24) is 0 Å². The number of nitrogens with two attached hydrogens (primary N) is 2. The SMILES string of the molecule is NC1CCC(N)([C@@H]2C[C@H]2c2ccc(Br)cc2)CC1. The lowest BCUT2D eigenvalue weighted by molar-refractivity contribution is 0.239. The van der Waals surface area contributed by atoms with Gasteiger partial charge in [0.1, 0.15) is 0 Å². The van der Waals surface area contributed by atoms with E-state index in [1.807, 2.05) is 0 Å². The Labute approximate surface area is 117 Å². The van der Waals surface area contributed by atoms with Crippen molar-refractivity contribution >= 4 is 15.9 Å². The highest BCUT2D eigenvalue weighted by molar-refractivity contribution is 9.10. The van der Waals surface area contributed by atoms with Crippen molar-refractivity contribution < 1.29 is 0 Å². The smallest absolute Gasteiger partial charge is 0.0190 e. The minimum Gasteiger partial charge on any atom is -0.328 e. The summed E-state index contributed by atoms with van der Waals surface area (Å²) in [6.07, 6.45) is 5.66. The monoisotopic (exact) mass is 308 g/mol. The van der Waals surface area contributed by atoms with Crippen LogP contribution in [0.4, 0.5) is 0 Å². The molecule has 0 saturated heterocycles. The molecule has 0 aromatic heterocycles. The summed E-state index contributed by atoms with van der Waals surface area (Å²) in [6.45, 7) is 0. The minimum atomic E-state index is 0.0492. The molecular formula is C15H21BrN2. The molecule has 1 aromatic carbocycles. The molecule has 0 amide bonds. The second-order valence-corrected chi connectivity index (χ2v) is 6.99. The van der Waals surface area contributed by atoms with Crippen molar-refractivity contribution in [2.24, 2.45) is 17.4 Å². The standard InChI is InChI=1S/C15H21BrN2/c16-11-3-1-10(2-4-11)13-9-14(13)15(18)7-5-12(17)6-8-15/h1-4,12-14H,5-9,17-18H2/t12?,13-,14+,15?/m0/s1. The Morgan fingerprint density at radius 1 is 1.11 bits per heavy atom. The molecule has 0 radical (unpaired) electrons. The van der Waals surface area contributed by atoms with Crippen molar-refractivity contribution in [2.45, 2.75) is 49.6 Å². The maximum atomic E-state index is 6.62. The number of benzene rings is 1. The first-order chi connectivity index (χ1) is 8.58. The van der Waals surface area contributed by atoms with Crippen LogP contribution in [0.1, 0.15) is 43.6 Å². The molecule has 0 aliphatic heterocycles. The summed E-state index contributed by atoms with van der Waals surface area (Å²) in [5.41, 5.74) is 14.1. The minimum absolute atomic E-state index is 0.0492. The molecule has 2 atom stereocenters. The van der Waals surface area contributed by atoms with E-state index in [0.29, 0.717) is 17.9 Å². The maximum Gasteiger partial charge on any atom is 0.0190 e. The van der Waals surface area contributed by atoms with E-state index in [2.05, 4.69) is 40.2 Å². The van der Waals surface area contributed by atoms with E-state index < -0.39 is 0 Å². The van der Waals surface area contributed by atoms with Crippen molar-refractivity contribution in [3.63, 3.8) is 0 Å². The molecule has 0 heterocycles. The molecule has 0 bridgehead atoms. The molecule has 2 saturated carbocycles. The van der Waals surface area contributed by atoms with Crippen LogP contribution in [0.2, 0.25) is 0 Å². The summed E-state index contributed by atoms with van der Waals surface area (Å²) in [5, 5.41) is 0. The molecule has 1 aromatic rings. The summed E-state index contributed by atoms with van der Waals surface area (Å²) in [7, 11) is 0. The van der Waals surface area contributed by atoms with Crippen LogP contribution in [0.3, 0.4) is 0 Å². The van der Waals surface area contributed by atoms with Crippen molar-refractivity contribution in [3.8, 4) is 0 Å². The molecule has 2 nitrogen and oxygen atoms in total. The summed E-state index contributed by atoms with van der Waals surface area (Å²) in [6, 6.07) is 9.10. The van der Waals surface area contributed by atoms with Gasteiger partial charge in [-0.15, -0.1) is 0 Å². The Morgan fingerprint density at radius 3 is 2.33 bits per heavy atom. The molecule has 0 spiro atoms. The van der Waals surface area contributed by atoms with E-state index in [9.17, 15) is 0 Å². The van der Waals surface area contributed by atoms with E-state index in [0.717, 1.165) is 30.2 Å². The van der Waals surface area contributed by atoms with Gasteiger partial charge in [-0.3, -0.25) is 0 Å². The lowest BCUT2D eigenvalue weighted by Crippen LogP contribution is -2.48. The third kappa shape index (κ3) is 2.36. The fourth-order valence-electron chi connectivity index (χ4n) is 3.46. The van der Waals surface area contributed by atoms with Crippen molar-refractivity contribution in [3.05, 3.63) is 34.3 Å². The van der Waals surface area contributed by atoms with Gasteiger partial charge in [0.2, 0.25) is 0 Å². The van der Waals surface area contributed by atoms with E-state index in [4.69, 9.17) is 11.5 Å². The molecule has 3 rings (SSSR count). The topological polar surface area (TPSA) is 52.0 Å². The van der Waals surface area contributed by atoms with E-state index in [1.54, 1.807) is 0 Å². The van der Waals surface area contributed by atoms with Crippen LogP contribution in [-0.4, -0.2) is 11.6 Å². The second-order valence-electron chi connectivity index (χ2n) is 6.07. The highest BCUT2D eigenvalue weighted by Crippen LogP contribution is 2.56. The summed E-state index contributed by atoms with van der Waals surface area (Å²) < 4.78 is 1.15. The Hall–Kier alpha value is -0.380. The Morgan fingerprint density at radius 2 is 1.72 bits per heavy atom. The Balaban J connectivity index is 1.68. The van der Waals surface area contributed by atoms with Crippen LogP contribution in [0.15, 0.2) is 28.7 Å². The average Bonchev–Trinajstić information content (AvgIpc) is 3.15. The number of hydrogen-bond acceptors (Lipinski definition) is 2. The molecule has 2 fully saturated rings. The van der Waals surface area contributed by atoms with E-state index in [-0.39, 0.29) is 5.54 Å². The van der Waals surface area contributed by atoms with Gasteiger partial charge in [-0.2, -0.15) is 0 Å². The largest absolute Gasteiger partial charge is 0.328 e. The van der Waals surface area contributed by atoms with Gasteiger partial charge < -0.3 is 11.5 Å². The molecular weight excluding hydrogens is 288 g/mol. The molecule has 4 N–H and O–H groups in total. The third-order valence-corrected chi connectivity index (χ3v) is 5.32. The van der Waals surface area contributed by atoms with Crippen LogP contribution in [-0.2, 0) is 0 Å². The van der Waals surface area contributed by atoms with Crippen LogP contribution < -0.4 is 11.5 Å². The molecule has 18 heavy (non-hydrogen) atoms. The van der Waals surface area contributed by atoms with Gasteiger partial charge in [0.25, 0.3) is 0 Å². The first-order valence-electron chi connectivity index (χ1n) is 6.88. The highest BCUT2D eigenvalue weighted by Gasteiger charge is 2.51. The lowest BCUT2D eigenvalue weighted by Gasteiger charge is -2.36. The zero-order valence-electron chi connectivity index (χ0n) is 10.6. The first-order valence-corrected chi connectivity index (χ1v) is 7.68. The van der Waals surface area contributed by atoms with Gasteiger partial charge >= 0.3 is 0 Å². The molecule has 0 unspecified atom stereocenters. The highest BCUT2D eigenvalue weighted by atomic mass is 79.9. The number of hydrogen-bond donors (Lipinski definition) is 2. The van der Waals surface area contributed by atoms with Gasteiger partial charge in [0.05, 0.1) is 0 Å². The fourth-order valence-corrected chi connectivity index (χ4v) is 3.72. The number of rotatable bonds is 2. The van der Waals surface area contributed by atoms with Crippen LogP contribution in [0.25, 0.3) is 0 Å². The quantitative estimate of drug-likeness (QED) is 0.882. The molecule has 98 valence electrons. The molecule has 2 aliphatic carbocycles. The Kier molecular flexibility index (Phi) is 3.25. The number of halogens is 1. The van der Waals surface area contributed by atoms with Gasteiger partial charge in [0.15, 0.2) is 0 Å². The van der Waals surface area contributed by atoms with Gasteiger partial charge in [0, 0.05) is 16.1 Å². The Bertz CT molecular complexity index is 421. The summed E-state index contributed by atoms with van der Waals surface area (Å²) in [4.78, 5) is 0. The second kappa shape index (κ2) is 4.62. The predicted molar refractivity (Wildman–Crippen MR) is 78.4 cm³/mol. The molecule has 3 heteroatoms. The summed E-state index contributed by atoms with van der Waals surface area (Å²) >= 11 is 3.49. The zero-order valence-corrected chi connectivity index (χ0v) is 12.2. The van der Waals surface area contributed by atoms with Gasteiger partial charge in [-0.05, 0) is 61.6 Å². The lowest BCUT2D eigenvalue weighted by atomic mass is 9.76. The van der Waals surface area contributed by atoms with Gasteiger partial charge in [-0.1, -0.05) is 28.1 Å². The third-order valence-electron chi connectivity index (χ3n) is 4.79.